The van der Waals surface area contributed by atoms with E-state index in [9.17, 15) is 21.6 Å². The summed E-state index contributed by atoms with van der Waals surface area (Å²) in [5.74, 6) is 0.678. The number of hydrogen-bond donors (Lipinski definition) is 2. The van der Waals surface area contributed by atoms with Gasteiger partial charge in [0.05, 0.1) is 29.6 Å². The fourth-order valence-electron chi connectivity index (χ4n) is 4.19. The Labute approximate surface area is 229 Å². The Hall–Kier alpha value is -3.61. The Morgan fingerprint density at radius 2 is 1.41 bits per heavy atom. The van der Waals surface area contributed by atoms with E-state index in [2.05, 4.69) is 17.0 Å². The first-order chi connectivity index (χ1) is 18.5. The highest BCUT2D eigenvalue weighted by Gasteiger charge is 2.29. The third-order valence-corrected chi connectivity index (χ3v) is 9.85. The number of piperidine rings is 1. The number of ether oxygens (including phenoxy) is 2. The fraction of sp³-hybridized carbons (Fsp3) is 0.296. The maximum absolute atomic E-state index is 13.2. The van der Waals surface area contributed by atoms with E-state index in [1.165, 1.54) is 61.0 Å². The average Bonchev–Trinajstić information content (AvgIpc) is 2.93. The predicted octanol–water partition coefficient (Wildman–Crippen LogP) is 4.18. The molecule has 0 unspecified atom stereocenters. The second-order valence-electron chi connectivity index (χ2n) is 9.26. The van der Waals surface area contributed by atoms with Crippen LogP contribution < -0.4 is 19.5 Å². The molecule has 3 aromatic rings. The van der Waals surface area contributed by atoms with Gasteiger partial charge in [-0.25, -0.2) is 16.8 Å². The van der Waals surface area contributed by atoms with Crippen molar-refractivity contribution in [2.24, 2.45) is 5.92 Å². The molecule has 0 saturated carbocycles. The number of amides is 1. The fourth-order valence-corrected chi connectivity index (χ4v) is 6.74. The van der Waals surface area contributed by atoms with Crippen LogP contribution >= 0.6 is 0 Å². The Balaban J connectivity index is 1.50. The largest absolute Gasteiger partial charge is 0.497 e. The Bertz CT molecular complexity index is 1530. The molecule has 0 spiro atoms. The third-order valence-electron chi connectivity index (χ3n) is 6.56. The van der Waals surface area contributed by atoms with Crippen LogP contribution in [0.5, 0.6) is 11.5 Å². The van der Waals surface area contributed by atoms with Gasteiger partial charge in [-0.3, -0.25) is 9.52 Å². The van der Waals surface area contributed by atoms with Gasteiger partial charge in [-0.2, -0.15) is 4.31 Å². The van der Waals surface area contributed by atoms with Gasteiger partial charge in [0, 0.05) is 24.5 Å². The predicted molar refractivity (Wildman–Crippen MR) is 148 cm³/mol. The Morgan fingerprint density at radius 1 is 0.821 bits per heavy atom. The molecular weight excluding hydrogens is 542 g/mol. The monoisotopic (exact) mass is 573 g/mol. The quantitative estimate of drug-likeness (QED) is 0.393. The van der Waals surface area contributed by atoms with Crippen LogP contribution in [0.3, 0.4) is 0 Å². The number of hydrogen-bond acceptors (Lipinski definition) is 7. The van der Waals surface area contributed by atoms with Crippen LogP contribution in [0.15, 0.2) is 76.5 Å². The molecule has 12 heteroatoms. The van der Waals surface area contributed by atoms with Gasteiger partial charge < -0.3 is 14.8 Å². The summed E-state index contributed by atoms with van der Waals surface area (Å²) in [5.41, 5.74) is 0.736. The van der Waals surface area contributed by atoms with E-state index in [0.29, 0.717) is 36.1 Å². The molecule has 208 valence electrons. The van der Waals surface area contributed by atoms with E-state index in [4.69, 9.17) is 9.47 Å². The van der Waals surface area contributed by atoms with Crippen molar-refractivity contribution < 1.29 is 31.1 Å². The third kappa shape index (κ3) is 6.52. The molecule has 39 heavy (non-hydrogen) atoms. The summed E-state index contributed by atoms with van der Waals surface area (Å²) >= 11 is 0. The molecule has 1 amide bonds. The van der Waals surface area contributed by atoms with Gasteiger partial charge in [0.15, 0.2) is 0 Å². The van der Waals surface area contributed by atoms with Crippen LogP contribution in [0.1, 0.15) is 30.1 Å². The molecule has 2 N–H and O–H groups in total. The summed E-state index contributed by atoms with van der Waals surface area (Å²) < 4.78 is 66.3. The van der Waals surface area contributed by atoms with Crippen molar-refractivity contribution in [1.29, 1.82) is 0 Å². The molecule has 10 nitrogen and oxygen atoms in total. The molecule has 0 bridgehead atoms. The summed E-state index contributed by atoms with van der Waals surface area (Å²) in [5, 5.41) is 2.68. The van der Waals surface area contributed by atoms with Crippen molar-refractivity contribution in [3.05, 3.63) is 72.3 Å². The number of anilines is 2. The molecular formula is C27H31N3O7S2. The van der Waals surface area contributed by atoms with Gasteiger partial charge in [-0.05, 0) is 85.5 Å². The van der Waals surface area contributed by atoms with Gasteiger partial charge >= 0.3 is 0 Å². The minimum absolute atomic E-state index is 0.00200. The number of sulfonamides is 2. The number of nitrogens with one attached hydrogen (secondary N) is 2. The number of benzene rings is 3. The molecule has 3 aromatic carbocycles. The summed E-state index contributed by atoms with van der Waals surface area (Å²) in [4.78, 5) is 13.1. The van der Waals surface area contributed by atoms with Crippen molar-refractivity contribution in [3.8, 4) is 11.5 Å². The Morgan fingerprint density at radius 3 is 2.00 bits per heavy atom. The van der Waals surface area contributed by atoms with Gasteiger partial charge in [0.25, 0.3) is 15.9 Å². The molecule has 1 fully saturated rings. The molecule has 0 aliphatic carbocycles. The number of rotatable bonds is 9. The van der Waals surface area contributed by atoms with E-state index in [-0.39, 0.29) is 21.1 Å². The molecule has 0 aromatic heterocycles. The summed E-state index contributed by atoms with van der Waals surface area (Å²) in [6.07, 6.45) is 1.56. The first kappa shape index (κ1) is 28.4. The van der Waals surface area contributed by atoms with Crippen molar-refractivity contribution in [1.82, 2.24) is 4.31 Å². The molecule has 0 radical (unpaired) electrons. The normalized spacial score (nSPS) is 14.9. The molecule has 1 heterocycles. The smallest absolute Gasteiger partial charge is 0.261 e. The van der Waals surface area contributed by atoms with Crippen molar-refractivity contribution in [3.63, 3.8) is 0 Å². The highest BCUT2D eigenvalue weighted by atomic mass is 32.2. The summed E-state index contributed by atoms with van der Waals surface area (Å²) in [6.45, 7) is 2.96. The van der Waals surface area contributed by atoms with Crippen LogP contribution in [-0.4, -0.2) is 54.4 Å². The van der Waals surface area contributed by atoms with Crippen molar-refractivity contribution >= 4 is 37.3 Å². The number of carbonyl (C=O) groups excluding carboxylic acids is 1. The zero-order chi connectivity index (χ0) is 28.2. The minimum Gasteiger partial charge on any atom is -0.497 e. The van der Waals surface area contributed by atoms with Gasteiger partial charge in [-0.1, -0.05) is 6.92 Å². The van der Waals surface area contributed by atoms with Crippen molar-refractivity contribution in [2.45, 2.75) is 29.6 Å². The second-order valence-corrected chi connectivity index (χ2v) is 12.9. The molecule has 4 rings (SSSR count). The standard InChI is InChI=1S/C27H31N3O7S2/c1-19-14-16-30(17-15-19)39(34,35)24-12-13-26(37-3)25(18-24)27(31)28-20-6-10-23(11-7-20)38(32,33)29-21-4-8-22(36-2)9-5-21/h4-13,18-19,29H,14-17H2,1-3H3,(H,28,31). The number of methoxy groups -OCH3 is 2. The Kier molecular flexibility index (Phi) is 8.48. The van der Waals surface area contributed by atoms with Gasteiger partial charge in [0.2, 0.25) is 10.0 Å². The lowest BCUT2D eigenvalue weighted by Gasteiger charge is -2.29. The van der Waals surface area contributed by atoms with Gasteiger partial charge in [-0.15, -0.1) is 0 Å². The number of nitrogens with zero attached hydrogens (tertiary/aromatic N) is 1. The SMILES string of the molecule is COc1ccc(NS(=O)(=O)c2ccc(NC(=O)c3cc(S(=O)(=O)N4CCC(C)CC4)ccc3OC)cc2)cc1. The van der Waals surface area contributed by atoms with E-state index in [1.54, 1.807) is 24.3 Å². The average molecular weight is 574 g/mol. The van der Waals surface area contributed by atoms with Crippen LogP contribution in [-0.2, 0) is 20.0 Å². The van der Waals surface area contributed by atoms with E-state index in [0.717, 1.165) is 12.8 Å². The summed E-state index contributed by atoms with van der Waals surface area (Å²) in [7, 11) is -4.74. The van der Waals surface area contributed by atoms with E-state index < -0.39 is 26.0 Å². The molecule has 0 atom stereocenters. The lowest BCUT2D eigenvalue weighted by atomic mass is 10.0. The minimum atomic E-state index is -3.87. The first-order valence-electron chi connectivity index (χ1n) is 12.3. The zero-order valence-corrected chi connectivity index (χ0v) is 23.5. The van der Waals surface area contributed by atoms with Crippen LogP contribution in [0.2, 0.25) is 0 Å². The van der Waals surface area contributed by atoms with E-state index in [1.807, 2.05) is 0 Å². The zero-order valence-electron chi connectivity index (χ0n) is 21.9. The maximum Gasteiger partial charge on any atom is 0.261 e. The first-order valence-corrected chi connectivity index (χ1v) is 15.2. The molecule has 1 saturated heterocycles. The maximum atomic E-state index is 13.2. The van der Waals surface area contributed by atoms with Gasteiger partial charge in [0.1, 0.15) is 11.5 Å². The van der Waals surface area contributed by atoms with Crippen LogP contribution in [0, 0.1) is 5.92 Å². The highest BCUT2D eigenvalue weighted by Crippen LogP contribution is 2.28. The van der Waals surface area contributed by atoms with Crippen LogP contribution in [0.4, 0.5) is 11.4 Å². The second kappa shape index (κ2) is 11.6. The lowest BCUT2D eigenvalue weighted by Crippen LogP contribution is -2.37. The number of carbonyl (C=O) groups is 1. The lowest BCUT2D eigenvalue weighted by molar-refractivity contribution is 0.102. The van der Waals surface area contributed by atoms with Crippen molar-refractivity contribution in [2.75, 3.05) is 37.3 Å². The van der Waals surface area contributed by atoms with Crippen LogP contribution in [0.25, 0.3) is 0 Å². The highest BCUT2D eigenvalue weighted by molar-refractivity contribution is 7.92. The molecule has 1 aliphatic heterocycles. The summed E-state index contributed by atoms with van der Waals surface area (Å²) in [6, 6.07) is 16.2. The topological polar surface area (TPSA) is 131 Å². The van der Waals surface area contributed by atoms with E-state index >= 15 is 0 Å². The molecule has 1 aliphatic rings.